The monoisotopic (exact) mass is 395 g/mol. The molecule has 0 bridgehead atoms. The van der Waals surface area contributed by atoms with Gasteiger partial charge >= 0.3 is 0 Å². The molecule has 1 spiro atoms. The van der Waals surface area contributed by atoms with Gasteiger partial charge in [-0.1, -0.05) is 18.2 Å². The first-order chi connectivity index (χ1) is 14.1. The maximum absolute atomic E-state index is 13.5. The van der Waals surface area contributed by atoms with Gasteiger partial charge in [-0.2, -0.15) is 0 Å². The van der Waals surface area contributed by atoms with Crippen molar-refractivity contribution in [2.24, 2.45) is 5.41 Å². The predicted molar refractivity (Wildman–Crippen MR) is 111 cm³/mol. The van der Waals surface area contributed by atoms with Gasteiger partial charge in [-0.05, 0) is 43.5 Å². The number of pyridine rings is 1. The lowest BCUT2D eigenvalue weighted by atomic mass is 9.78. The third-order valence-corrected chi connectivity index (χ3v) is 6.23. The van der Waals surface area contributed by atoms with Crippen LogP contribution in [-0.2, 0) is 17.9 Å². The summed E-state index contributed by atoms with van der Waals surface area (Å²) in [5, 5.41) is 0. The van der Waals surface area contributed by atoms with Crippen LogP contribution in [0.5, 0.6) is 11.5 Å². The molecule has 1 atom stereocenters. The summed E-state index contributed by atoms with van der Waals surface area (Å²) < 4.78 is 11.0. The van der Waals surface area contributed by atoms with Crippen molar-refractivity contribution in [2.45, 2.75) is 32.4 Å². The molecule has 1 amide bonds. The number of carbonyl (C=O) groups is 1. The van der Waals surface area contributed by atoms with Crippen LogP contribution in [0.1, 0.15) is 30.4 Å². The average molecular weight is 396 g/mol. The van der Waals surface area contributed by atoms with Crippen LogP contribution in [0, 0.1) is 5.41 Å². The van der Waals surface area contributed by atoms with E-state index >= 15 is 0 Å². The number of aromatic nitrogens is 1. The van der Waals surface area contributed by atoms with Gasteiger partial charge in [0.25, 0.3) is 0 Å². The van der Waals surface area contributed by atoms with E-state index in [4.69, 9.17) is 9.47 Å². The molecule has 154 valence electrons. The number of piperidine rings is 1. The Bertz CT molecular complexity index is 858. The smallest absolute Gasteiger partial charge is 0.230 e. The Kier molecular flexibility index (Phi) is 5.72. The van der Waals surface area contributed by atoms with Gasteiger partial charge in [0.05, 0.1) is 19.6 Å². The van der Waals surface area contributed by atoms with Crippen molar-refractivity contribution in [3.05, 3.63) is 53.9 Å². The Balaban J connectivity index is 1.47. The van der Waals surface area contributed by atoms with E-state index in [1.54, 1.807) is 20.4 Å². The number of para-hydroxylation sites is 1. The molecule has 2 aliphatic heterocycles. The fraction of sp³-hybridized carbons (Fsp3) is 0.478. The lowest BCUT2D eigenvalue weighted by Gasteiger charge is -2.39. The van der Waals surface area contributed by atoms with Crippen LogP contribution in [0.15, 0.2) is 42.7 Å². The number of nitrogens with zero attached hydrogens (tertiary/aromatic N) is 3. The van der Waals surface area contributed by atoms with Gasteiger partial charge in [0, 0.05) is 44.1 Å². The fourth-order valence-electron chi connectivity index (χ4n) is 4.81. The van der Waals surface area contributed by atoms with E-state index in [9.17, 15) is 4.79 Å². The third-order valence-electron chi connectivity index (χ3n) is 6.23. The van der Waals surface area contributed by atoms with Crippen LogP contribution in [0.25, 0.3) is 0 Å². The normalized spacial score (nSPS) is 22.3. The minimum atomic E-state index is -0.257. The highest BCUT2D eigenvalue weighted by atomic mass is 16.5. The molecule has 2 fully saturated rings. The van der Waals surface area contributed by atoms with Crippen molar-refractivity contribution in [1.29, 1.82) is 0 Å². The Morgan fingerprint density at radius 1 is 1.07 bits per heavy atom. The molecule has 1 aromatic carbocycles. The molecule has 0 unspecified atom stereocenters. The van der Waals surface area contributed by atoms with Crippen molar-refractivity contribution >= 4 is 5.91 Å². The van der Waals surface area contributed by atoms with Crippen molar-refractivity contribution < 1.29 is 14.3 Å². The Morgan fingerprint density at radius 2 is 1.97 bits per heavy atom. The van der Waals surface area contributed by atoms with Gasteiger partial charge in [0.15, 0.2) is 11.5 Å². The second-order valence-electron chi connectivity index (χ2n) is 8.09. The summed E-state index contributed by atoms with van der Waals surface area (Å²) in [6, 6.07) is 9.92. The molecule has 0 aliphatic carbocycles. The highest BCUT2D eigenvalue weighted by molar-refractivity contribution is 5.84. The van der Waals surface area contributed by atoms with E-state index in [2.05, 4.69) is 16.0 Å². The summed E-state index contributed by atoms with van der Waals surface area (Å²) in [5.74, 6) is 1.70. The standard InChI is InChI=1S/C23H29N3O3/c1-28-20-8-3-7-19(21(20)29-2)16-26-12-5-9-23(22(26)27)10-13-25(17-23)15-18-6-4-11-24-14-18/h3-4,6-8,11,14H,5,9-10,12-13,15-17H2,1-2H3/t23-/m0/s1. The van der Waals surface area contributed by atoms with Gasteiger partial charge in [-0.3, -0.25) is 14.7 Å². The molecule has 0 radical (unpaired) electrons. The average Bonchev–Trinajstić information content (AvgIpc) is 3.15. The van der Waals surface area contributed by atoms with Crippen molar-refractivity contribution in [3.8, 4) is 11.5 Å². The Hall–Kier alpha value is -2.60. The minimum Gasteiger partial charge on any atom is -0.493 e. The second kappa shape index (κ2) is 8.41. The zero-order chi connectivity index (χ0) is 20.3. The summed E-state index contributed by atoms with van der Waals surface area (Å²) in [6.07, 6.45) is 6.65. The summed E-state index contributed by atoms with van der Waals surface area (Å²) in [4.78, 5) is 22.1. The van der Waals surface area contributed by atoms with Crippen molar-refractivity contribution in [1.82, 2.24) is 14.8 Å². The fourth-order valence-corrected chi connectivity index (χ4v) is 4.81. The zero-order valence-corrected chi connectivity index (χ0v) is 17.3. The molecular formula is C23H29N3O3. The number of hydrogen-bond donors (Lipinski definition) is 0. The van der Waals surface area contributed by atoms with Gasteiger partial charge in [0.1, 0.15) is 0 Å². The maximum Gasteiger partial charge on any atom is 0.230 e. The van der Waals surface area contributed by atoms with E-state index in [0.29, 0.717) is 18.0 Å². The first kappa shape index (κ1) is 19.7. The van der Waals surface area contributed by atoms with E-state index in [0.717, 1.165) is 51.0 Å². The van der Waals surface area contributed by atoms with E-state index < -0.39 is 0 Å². The molecule has 6 nitrogen and oxygen atoms in total. The zero-order valence-electron chi connectivity index (χ0n) is 17.3. The number of amides is 1. The topological polar surface area (TPSA) is 54.9 Å². The van der Waals surface area contributed by atoms with Crippen LogP contribution in [0.4, 0.5) is 0 Å². The molecule has 0 saturated carbocycles. The van der Waals surface area contributed by atoms with Crippen LogP contribution < -0.4 is 9.47 Å². The molecule has 2 saturated heterocycles. The first-order valence-corrected chi connectivity index (χ1v) is 10.3. The number of likely N-dealkylation sites (tertiary alicyclic amines) is 2. The number of rotatable bonds is 6. The summed E-state index contributed by atoms with van der Waals surface area (Å²) >= 11 is 0. The van der Waals surface area contributed by atoms with Gasteiger partial charge in [-0.25, -0.2) is 0 Å². The molecule has 4 rings (SSSR count). The van der Waals surface area contributed by atoms with Crippen molar-refractivity contribution in [2.75, 3.05) is 33.9 Å². The van der Waals surface area contributed by atoms with E-state index in [-0.39, 0.29) is 11.3 Å². The molecule has 2 aliphatic rings. The Labute approximate surface area is 172 Å². The van der Waals surface area contributed by atoms with Crippen LogP contribution in [0.2, 0.25) is 0 Å². The number of ether oxygens (including phenoxy) is 2. The van der Waals surface area contributed by atoms with Crippen LogP contribution in [-0.4, -0.2) is 54.5 Å². The number of benzene rings is 1. The minimum absolute atomic E-state index is 0.257. The SMILES string of the molecule is COc1cccc(CN2CCC[C@@]3(CCN(Cc4cccnc4)C3)C2=O)c1OC. The highest BCUT2D eigenvalue weighted by Crippen LogP contribution is 2.41. The summed E-state index contributed by atoms with van der Waals surface area (Å²) in [6.45, 7) is 3.99. The molecular weight excluding hydrogens is 366 g/mol. The number of hydrogen-bond acceptors (Lipinski definition) is 5. The quantitative estimate of drug-likeness (QED) is 0.752. The van der Waals surface area contributed by atoms with Gasteiger partial charge in [0.2, 0.25) is 5.91 Å². The van der Waals surface area contributed by atoms with E-state index in [1.807, 2.05) is 35.4 Å². The molecule has 1 aromatic heterocycles. The predicted octanol–water partition coefficient (Wildman–Crippen LogP) is 3.11. The number of methoxy groups -OCH3 is 2. The lowest BCUT2D eigenvalue weighted by molar-refractivity contribution is -0.146. The van der Waals surface area contributed by atoms with Gasteiger partial charge in [-0.15, -0.1) is 0 Å². The summed E-state index contributed by atoms with van der Waals surface area (Å²) in [7, 11) is 3.28. The lowest BCUT2D eigenvalue weighted by Crippen LogP contribution is -2.49. The second-order valence-corrected chi connectivity index (χ2v) is 8.09. The van der Waals surface area contributed by atoms with Crippen LogP contribution >= 0.6 is 0 Å². The third kappa shape index (κ3) is 3.94. The molecule has 29 heavy (non-hydrogen) atoms. The van der Waals surface area contributed by atoms with E-state index in [1.165, 1.54) is 5.56 Å². The number of carbonyl (C=O) groups excluding carboxylic acids is 1. The van der Waals surface area contributed by atoms with Crippen LogP contribution in [0.3, 0.4) is 0 Å². The van der Waals surface area contributed by atoms with Gasteiger partial charge < -0.3 is 14.4 Å². The highest BCUT2D eigenvalue weighted by Gasteiger charge is 2.48. The molecule has 2 aromatic rings. The maximum atomic E-state index is 13.5. The molecule has 3 heterocycles. The van der Waals surface area contributed by atoms with Crippen molar-refractivity contribution in [3.63, 3.8) is 0 Å². The molecule has 6 heteroatoms. The summed E-state index contributed by atoms with van der Waals surface area (Å²) in [5.41, 5.74) is 1.93. The molecule has 0 N–H and O–H groups in total. The Morgan fingerprint density at radius 3 is 2.72 bits per heavy atom. The largest absolute Gasteiger partial charge is 0.493 e. The first-order valence-electron chi connectivity index (χ1n) is 10.3.